The Bertz CT molecular complexity index is 343. The highest BCUT2D eigenvalue weighted by molar-refractivity contribution is 7.98. The monoisotopic (exact) mass is 274 g/mol. The first-order valence-corrected chi connectivity index (χ1v) is 6.49. The van der Waals surface area contributed by atoms with Crippen molar-refractivity contribution in [3.63, 3.8) is 0 Å². The van der Waals surface area contributed by atoms with E-state index in [0.717, 1.165) is 0 Å². The van der Waals surface area contributed by atoms with Gasteiger partial charge in [0.05, 0.1) is 0 Å². The van der Waals surface area contributed by atoms with E-state index in [1.807, 2.05) is 44.5 Å². The van der Waals surface area contributed by atoms with Crippen LogP contribution in [0.5, 0.6) is 0 Å². The van der Waals surface area contributed by atoms with Crippen molar-refractivity contribution in [1.82, 2.24) is 10.6 Å². The number of amides is 1. The lowest BCUT2D eigenvalue weighted by atomic mass is 10.2. The topological polar surface area (TPSA) is 41.1 Å². The van der Waals surface area contributed by atoms with Crippen molar-refractivity contribution in [2.24, 2.45) is 0 Å². The molecule has 1 atom stereocenters. The van der Waals surface area contributed by atoms with Gasteiger partial charge in [0.15, 0.2) is 0 Å². The van der Waals surface area contributed by atoms with Gasteiger partial charge < -0.3 is 10.6 Å². The highest BCUT2D eigenvalue weighted by Crippen LogP contribution is 2.14. The largest absolute Gasteiger partial charge is 0.350 e. The standard InChI is InChI=1S/C12H18N2OS.ClH/c1-9(13-2)8-14-12(15)10-4-6-11(16-3)7-5-10;/h4-7,9,13H,8H2,1-3H3,(H,14,15);1H. The second-order valence-electron chi connectivity index (χ2n) is 3.63. The summed E-state index contributed by atoms with van der Waals surface area (Å²) in [5, 5.41) is 5.95. The summed E-state index contributed by atoms with van der Waals surface area (Å²) in [5.74, 6) is -0.0187. The molecule has 1 rings (SSSR count). The minimum atomic E-state index is -0.0187. The van der Waals surface area contributed by atoms with Crippen molar-refractivity contribution in [1.29, 1.82) is 0 Å². The van der Waals surface area contributed by atoms with Gasteiger partial charge >= 0.3 is 0 Å². The number of likely N-dealkylation sites (N-methyl/N-ethyl adjacent to an activating group) is 1. The van der Waals surface area contributed by atoms with Gasteiger partial charge in [-0.05, 0) is 44.5 Å². The summed E-state index contributed by atoms with van der Waals surface area (Å²) in [4.78, 5) is 12.9. The average Bonchev–Trinajstić information content (AvgIpc) is 2.35. The normalized spacial score (nSPS) is 11.5. The highest BCUT2D eigenvalue weighted by Gasteiger charge is 2.06. The van der Waals surface area contributed by atoms with Gasteiger partial charge in [-0.15, -0.1) is 24.2 Å². The molecule has 0 aliphatic carbocycles. The predicted molar refractivity (Wildman–Crippen MR) is 76.3 cm³/mol. The Morgan fingerprint density at radius 1 is 1.35 bits per heavy atom. The summed E-state index contributed by atoms with van der Waals surface area (Å²) >= 11 is 1.67. The number of carbonyl (C=O) groups excluding carboxylic acids is 1. The van der Waals surface area contributed by atoms with E-state index in [-0.39, 0.29) is 24.4 Å². The Kier molecular flexibility index (Phi) is 8.04. The minimum absolute atomic E-state index is 0. The molecule has 2 N–H and O–H groups in total. The molecule has 1 aromatic carbocycles. The van der Waals surface area contributed by atoms with Crippen LogP contribution >= 0.6 is 24.2 Å². The summed E-state index contributed by atoms with van der Waals surface area (Å²) in [5.41, 5.74) is 0.709. The van der Waals surface area contributed by atoms with Crippen molar-refractivity contribution in [2.45, 2.75) is 17.9 Å². The lowest BCUT2D eigenvalue weighted by Crippen LogP contribution is -2.37. The fraction of sp³-hybridized carbons (Fsp3) is 0.417. The molecule has 0 radical (unpaired) electrons. The second-order valence-corrected chi connectivity index (χ2v) is 4.51. The Balaban J connectivity index is 0.00000256. The van der Waals surface area contributed by atoms with Crippen molar-refractivity contribution in [3.8, 4) is 0 Å². The van der Waals surface area contributed by atoms with Crippen molar-refractivity contribution < 1.29 is 4.79 Å². The molecule has 1 unspecified atom stereocenters. The molecule has 0 aliphatic heterocycles. The molecule has 0 aliphatic rings. The number of benzene rings is 1. The van der Waals surface area contributed by atoms with Crippen LogP contribution in [-0.4, -0.2) is 31.8 Å². The van der Waals surface area contributed by atoms with Crippen LogP contribution in [0.25, 0.3) is 0 Å². The molecule has 0 fully saturated rings. The van der Waals surface area contributed by atoms with E-state index in [0.29, 0.717) is 12.1 Å². The number of rotatable bonds is 5. The summed E-state index contributed by atoms with van der Waals surface area (Å²) in [6, 6.07) is 7.91. The molecule has 0 spiro atoms. The van der Waals surface area contributed by atoms with Crippen molar-refractivity contribution in [3.05, 3.63) is 29.8 Å². The Morgan fingerprint density at radius 2 is 1.94 bits per heavy atom. The summed E-state index contributed by atoms with van der Waals surface area (Å²) in [6.45, 7) is 2.66. The smallest absolute Gasteiger partial charge is 0.251 e. The predicted octanol–water partition coefficient (Wildman–Crippen LogP) is 2.17. The van der Waals surface area contributed by atoms with E-state index in [9.17, 15) is 4.79 Å². The van der Waals surface area contributed by atoms with E-state index in [1.165, 1.54) is 4.90 Å². The van der Waals surface area contributed by atoms with Gasteiger partial charge in [0.25, 0.3) is 5.91 Å². The molecule has 1 aromatic rings. The summed E-state index contributed by atoms with van der Waals surface area (Å²) in [6.07, 6.45) is 2.02. The van der Waals surface area contributed by atoms with E-state index >= 15 is 0 Å². The number of hydrogen-bond acceptors (Lipinski definition) is 3. The molecule has 0 saturated carbocycles. The maximum atomic E-state index is 11.7. The first-order valence-electron chi connectivity index (χ1n) is 5.27. The Labute approximate surface area is 113 Å². The molecule has 5 heteroatoms. The third kappa shape index (κ3) is 5.44. The first-order chi connectivity index (χ1) is 7.67. The zero-order chi connectivity index (χ0) is 12.0. The maximum Gasteiger partial charge on any atom is 0.251 e. The quantitative estimate of drug-likeness (QED) is 0.809. The first kappa shape index (κ1) is 16.3. The molecule has 0 saturated heterocycles. The summed E-state index contributed by atoms with van der Waals surface area (Å²) < 4.78 is 0. The van der Waals surface area contributed by atoms with Crippen molar-refractivity contribution >= 4 is 30.1 Å². The lowest BCUT2D eigenvalue weighted by molar-refractivity contribution is 0.0950. The second kappa shape index (κ2) is 8.39. The molecular formula is C12H19ClN2OS. The Hall–Kier alpha value is -0.710. The maximum absolute atomic E-state index is 11.7. The van der Waals surface area contributed by atoms with Crippen LogP contribution in [0.2, 0.25) is 0 Å². The number of carbonyl (C=O) groups is 1. The lowest BCUT2D eigenvalue weighted by Gasteiger charge is -2.11. The van der Waals surface area contributed by atoms with Crippen molar-refractivity contribution in [2.75, 3.05) is 19.8 Å². The van der Waals surface area contributed by atoms with Crippen LogP contribution < -0.4 is 10.6 Å². The number of thioether (sulfide) groups is 1. The van der Waals surface area contributed by atoms with Crippen LogP contribution in [0.15, 0.2) is 29.2 Å². The highest BCUT2D eigenvalue weighted by atomic mass is 35.5. The number of nitrogens with one attached hydrogen (secondary N) is 2. The van der Waals surface area contributed by atoms with E-state index in [4.69, 9.17) is 0 Å². The van der Waals surface area contributed by atoms with Gasteiger partial charge in [0, 0.05) is 23.0 Å². The van der Waals surface area contributed by atoms with E-state index in [2.05, 4.69) is 10.6 Å². The Morgan fingerprint density at radius 3 is 2.41 bits per heavy atom. The molecule has 0 bridgehead atoms. The molecule has 1 amide bonds. The molecule has 3 nitrogen and oxygen atoms in total. The number of hydrogen-bond donors (Lipinski definition) is 2. The zero-order valence-electron chi connectivity index (χ0n) is 10.3. The molecule has 0 heterocycles. The van der Waals surface area contributed by atoms with Crippen LogP contribution in [0.3, 0.4) is 0 Å². The van der Waals surface area contributed by atoms with Crippen LogP contribution in [0, 0.1) is 0 Å². The fourth-order valence-electron chi connectivity index (χ4n) is 1.19. The van der Waals surface area contributed by atoms with Gasteiger partial charge in [-0.2, -0.15) is 0 Å². The van der Waals surface area contributed by atoms with Gasteiger partial charge in [-0.25, -0.2) is 0 Å². The van der Waals surface area contributed by atoms with E-state index in [1.54, 1.807) is 11.8 Å². The minimum Gasteiger partial charge on any atom is -0.350 e. The average molecular weight is 275 g/mol. The van der Waals surface area contributed by atoms with Gasteiger partial charge in [-0.3, -0.25) is 4.79 Å². The van der Waals surface area contributed by atoms with E-state index < -0.39 is 0 Å². The van der Waals surface area contributed by atoms with Gasteiger partial charge in [0.2, 0.25) is 0 Å². The van der Waals surface area contributed by atoms with Gasteiger partial charge in [-0.1, -0.05) is 0 Å². The van der Waals surface area contributed by atoms with Crippen LogP contribution in [-0.2, 0) is 0 Å². The van der Waals surface area contributed by atoms with Crippen LogP contribution in [0.1, 0.15) is 17.3 Å². The summed E-state index contributed by atoms with van der Waals surface area (Å²) in [7, 11) is 1.88. The molecule has 96 valence electrons. The molecular weight excluding hydrogens is 256 g/mol. The third-order valence-corrected chi connectivity index (χ3v) is 3.16. The SMILES string of the molecule is CNC(C)CNC(=O)c1ccc(SC)cc1.Cl. The zero-order valence-corrected chi connectivity index (χ0v) is 12.0. The third-order valence-electron chi connectivity index (χ3n) is 2.41. The number of halogens is 1. The van der Waals surface area contributed by atoms with Gasteiger partial charge in [0.1, 0.15) is 0 Å². The van der Waals surface area contributed by atoms with Crippen LogP contribution in [0.4, 0.5) is 0 Å². The molecule has 0 aromatic heterocycles. The molecule has 17 heavy (non-hydrogen) atoms. The fourth-order valence-corrected chi connectivity index (χ4v) is 1.60.